The van der Waals surface area contributed by atoms with E-state index in [0.717, 1.165) is 22.9 Å². The van der Waals surface area contributed by atoms with Crippen LogP contribution in [-0.4, -0.2) is 44.4 Å². The van der Waals surface area contributed by atoms with E-state index in [1.165, 1.54) is 46.4 Å². The van der Waals surface area contributed by atoms with Crippen LogP contribution < -0.4 is 15.1 Å². The number of hydrogen-bond acceptors (Lipinski definition) is 7. The quantitative estimate of drug-likeness (QED) is 0.128. The topological polar surface area (TPSA) is 114 Å². The van der Waals surface area contributed by atoms with Crippen LogP contribution in [0.1, 0.15) is 43.4 Å². The molecule has 0 saturated carbocycles. The summed E-state index contributed by atoms with van der Waals surface area (Å²) < 4.78 is 42.6. The van der Waals surface area contributed by atoms with Gasteiger partial charge in [0.1, 0.15) is 12.1 Å². The molecule has 3 amide bonds. The van der Waals surface area contributed by atoms with Gasteiger partial charge in [0, 0.05) is 5.56 Å². The number of carbonyl (C=O) groups is 2. The minimum atomic E-state index is -4.77. The number of aromatic nitrogens is 3. The Morgan fingerprint density at radius 3 is 2.43 bits per heavy atom. The number of anilines is 1. The van der Waals surface area contributed by atoms with Crippen LogP contribution in [0.5, 0.6) is 5.75 Å². The molecule has 2 heterocycles. The van der Waals surface area contributed by atoms with Gasteiger partial charge in [-0.3, -0.25) is 9.69 Å². The maximum atomic E-state index is 13.2. The van der Waals surface area contributed by atoms with Gasteiger partial charge in [-0.25, -0.2) is 19.9 Å². The molecular weight excluding hydrogens is 619 g/mol. The number of aliphatic imine (C=N–C) groups is 1. The van der Waals surface area contributed by atoms with Crippen LogP contribution in [0.3, 0.4) is 0 Å². The van der Waals surface area contributed by atoms with Gasteiger partial charge in [0.15, 0.2) is 11.0 Å². The molecule has 0 bridgehead atoms. The molecule has 46 heavy (non-hydrogen) atoms. The summed E-state index contributed by atoms with van der Waals surface area (Å²) in [6.45, 7) is 7.77. The Hall–Kier alpha value is -5.24. The van der Waals surface area contributed by atoms with E-state index >= 15 is 0 Å². The summed E-state index contributed by atoms with van der Waals surface area (Å²) in [5.74, 6) is -0.0469. The highest BCUT2D eigenvalue weighted by Crippen LogP contribution is 2.38. The van der Waals surface area contributed by atoms with Crippen molar-refractivity contribution in [2.75, 3.05) is 4.90 Å². The first-order chi connectivity index (χ1) is 21.9. The van der Waals surface area contributed by atoms with Crippen molar-refractivity contribution in [3.63, 3.8) is 0 Å². The fourth-order valence-corrected chi connectivity index (χ4v) is 5.39. The number of hydrazone groups is 1. The predicted octanol–water partition coefficient (Wildman–Crippen LogP) is 7.35. The van der Waals surface area contributed by atoms with Gasteiger partial charge >= 0.3 is 12.4 Å². The third-order valence-electron chi connectivity index (χ3n) is 6.68. The van der Waals surface area contributed by atoms with Crippen LogP contribution in [0.4, 0.5) is 23.7 Å². The van der Waals surface area contributed by atoms with Crippen molar-refractivity contribution >= 4 is 40.8 Å². The molecule has 0 unspecified atom stereocenters. The molecule has 4 aromatic rings. The first kappa shape index (κ1) is 32.2. The number of allylic oxidation sites excluding steroid dienone is 1. The van der Waals surface area contributed by atoms with Gasteiger partial charge in [-0.15, -0.1) is 18.3 Å². The number of hydrogen-bond donors (Lipinski definition) is 1. The van der Waals surface area contributed by atoms with Gasteiger partial charge < -0.3 is 4.74 Å². The second-order valence-corrected chi connectivity index (χ2v) is 11.4. The standard InChI is InChI=1S/C32H28F3N7O3S/c1-5-27-29(43)42(26-16-20(4)6-15-25(26)19(2)3)31(46-27)38-30(44)39-37-17-21-7-9-22(10-8-21)28-36-18-41(40-28)23-11-13-24(14-12-23)45-32(33,34)35/h5-19H,1-4H3,(H,39,44)/b27-5-,37-17+,38-31?. The van der Waals surface area contributed by atoms with E-state index in [1.54, 1.807) is 37.3 Å². The Morgan fingerprint density at radius 1 is 1.07 bits per heavy atom. The summed E-state index contributed by atoms with van der Waals surface area (Å²) >= 11 is 1.12. The first-order valence-electron chi connectivity index (χ1n) is 14.0. The van der Waals surface area contributed by atoms with E-state index in [9.17, 15) is 22.8 Å². The summed E-state index contributed by atoms with van der Waals surface area (Å²) in [6, 6.07) is 17.4. The fourth-order valence-electron chi connectivity index (χ4n) is 4.50. The summed E-state index contributed by atoms with van der Waals surface area (Å²) in [5, 5.41) is 8.62. The average Bonchev–Trinajstić information content (AvgIpc) is 3.61. The fraction of sp³-hybridized carbons (Fsp3) is 0.188. The number of benzene rings is 3. The van der Waals surface area contributed by atoms with Gasteiger partial charge in [0.05, 0.1) is 22.5 Å². The van der Waals surface area contributed by atoms with E-state index < -0.39 is 12.4 Å². The van der Waals surface area contributed by atoms with Crippen molar-refractivity contribution in [2.24, 2.45) is 10.1 Å². The molecule has 0 aliphatic carbocycles. The number of rotatable bonds is 7. The Morgan fingerprint density at radius 2 is 1.78 bits per heavy atom. The molecule has 1 aliphatic rings. The molecule has 1 fully saturated rings. The smallest absolute Gasteiger partial charge is 0.406 e. The lowest BCUT2D eigenvalue weighted by Crippen LogP contribution is -2.31. The molecule has 3 aromatic carbocycles. The Labute approximate surface area is 266 Å². The summed E-state index contributed by atoms with van der Waals surface area (Å²) in [5.41, 5.74) is 6.86. The molecular formula is C32H28F3N7O3S. The number of nitrogens with zero attached hydrogens (tertiary/aromatic N) is 6. The lowest BCUT2D eigenvalue weighted by molar-refractivity contribution is -0.274. The van der Waals surface area contributed by atoms with Crippen LogP contribution in [0, 0.1) is 6.92 Å². The van der Waals surface area contributed by atoms with Crippen molar-refractivity contribution in [3.05, 3.63) is 101 Å². The van der Waals surface area contributed by atoms with E-state index in [1.807, 2.05) is 39.0 Å². The molecule has 1 aromatic heterocycles. The number of aryl methyl sites for hydroxylation is 1. The second-order valence-electron chi connectivity index (χ2n) is 10.4. The Kier molecular flexibility index (Phi) is 9.37. The lowest BCUT2D eigenvalue weighted by atomic mass is 9.98. The number of thioether (sulfide) groups is 1. The van der Waals surface area contributed by atoms with E-state index in [-0.39, 0.29) is 22.7 Å². The normalized spacial score (nSPS) is 15.5. The summed E-state index contributed by atoms with van der Waals surface area (Å²) in [6.07, 6.45) is -0.187. The number of carbonyl (C=O) groups excluding carboxylic acids is 2. The average molecular weight is 648 g/mol. The van der Waals surface area contributed by atoms with Crippen LogP contribution in [0.25, 0.3) is 17.1 Å². The largest absolute Gasteiger partial charge is 0.573 e. The first-order valence-corrected chi connectivity index (χ1v) is 14.8. The van der Waals surface area contributed by atoms with Crippen molar-refractivity contribution < 1.29 is 27.5 Å². The number of amides is 3. The highest BCUT2D eigenvalue weighted by molar-refractivity contribution is 8.19. The Bertz CT molecular complexity index is 1850. The van der Waals surface area contributed by atoms with Crippen molar-refractivity contribution in [1.82, 2.24) is 20.2 Å². The number of urea groups is 1. The highest BCUT2D eigenvalue weighted by atomic mass is 32.2. The van der Waals surface area contributed by atoms with Gasteiger partial charge in [-0.1, -0.05) is 56.3 Å². The lowest BCUT2D eigenvalue weighted by Gasteiger charge is -2.21. The molecule has 0 atom stereocenters. The highest BCUT2D eigenvalue weighted by Gasteiger charge is 2.36. The molecule has 5 rings (SSSR count). The van der Waals surface area contributed by atoms with Gasteiger partial charge in [-0.2, -0.15) is 10.1 Å². The molecule has 14 heteroatoms. The molecule has 0 spiro atoms. The maximum Gasteiger partial charge on any atom is 0.573 e. The van der Waals surface area contributed by atoms with Crippen LogP contribution in [0.2, 0.25) is 0 Å². The number of alkyl halides is 3. The minimum Gasteiger partial charge on any atom is -0.406 e. The SMILES string of the molecule is C/C=C1\SC(=NC(=O)N/N=C/c2ccc(-c3ncn(-c4ccc(OC(F)(F)F)cc4)n3)cc2)N(c2cc(C)ccc2C(C)C)C1=O. The van der Waals surface area contributed by atoms with E-state index in [0.29, 0.717) is 33.2 Å². The number of amidine groups is 1. The van der Waals surface area contributed by atoms with Gasteiger partial charge in [-0.05, 0) is 78.5 Å². The third-order valence-corrected chi connectivity index (χ3v) is 7.77. The van der Waals surface area contributed by atoms with Crippen LogP contribution in [0.15, 0.2) is 94.1 Å². The monoisotopic (exact) mass is 647 g/mol. The Balaban J connectivity index is 1.25. The van der Waals surface area contributed by atoms with Crippen molar-refractivity contribution in [1.29, 1.82) is 0 Å². The summed E-state index contributed by atoms with van der Waals surface area (Å²) in [7, 11) is 0. The zero-order valence-electron chi connectivity index (χ0n) is 25.1. The predicted molar refractivity (Wildman–Crippen MR) is 171 cm³/mol. The van der Waals surface area contributed by atoms with E-state index in [4.69, 9.17) is 0 Å². The zero-order valence-corrected chi connectivity index (χ0v) is 25.9. The number of halogens is 3. The molecule has 0 radical (unpaired) electrons. The molecule has 236 valence electrons. The zero-order chi connectivity index (χ0) is 33.0. The minimum absolute atomic E-state index is 0.142. The van der Waals surface area contributed by atoms with E-state index in [2.05, 4.69) is 30.3 Å². The van der Waals surface area contributed by atoms with Gasteiger partial charge in [0.25, 0.3) is 5.91 Å². The third kappa shape index (κ3) is 7.51. The van der Waals surface area contributed by atoms with Crippen LogP contribution >= 0.6 is 11.8 Å². The molecule has 1 aliphatic heterocycles. The summed E-state index contributed by atoms with van der Waals surface area (Å²) in [4.78, 5) is 36.3. The van der Waals surface area contributed by atoms with Gasteiger partial charge in [0.2, 0.25) is 0 Å². The second kappa shape index (κ2) is 13.4. The van der Waals surface area contributed by atoms with Crippen molar-refractivity contribution in [2.45, 2.75) is 40.0 Å². The maximum absolute atomic E-state index is 13.2. The molecule has 1 N–H and O–H groups in total. The van der Waals surface area contributed by atoms with Crippen LogP contribution in [-0.2, 0) is 4.79 Å². The molecule has 1 saturated heterocycles. The van der Waals surface area contributed by atoms with Crippen molar-refractivity contribution in [3.8, 4) is 22.8 Å². The molecule has 10 nitrogen and oxygen atoms in total. The number of ether oxygens (including phenoxy) is 1. The number of nitrogens with one attached hydrogen (secondary N) is 1.